The zero-order valence-electron chi connectivity index (χ0n) is 7.06. The van der Waals surface area contributed by atoms with E-state index in [1.807, 2.05) is 18.2 Å². The summed E-state index contributed by atoms with van der Waals surface area (Å²) in [6.45, 7) is -0.199. The molecule has 0 amide bonds. The molecule has 0 bridgehead atoms. The quantitative estimate of drug-likeness (QED) is 0.679. The summed E-state index contributed by atoms with van der Waals surface area (Å²) in [4.78, 5) is 15.4. The van der Waals surface area contributed by atoms with Gasteiger partial charge in [0.25, 0.3) is 0 Å². The van der Waals surface area contributed by atoms with Crippen LogP contribution in [0.25, 0.3) is 0 Å². The number of carbonyl (C=O) groups excluding carboxylic acids is 1. The van der Waals surface area contributed by atoms with Crippen LogP contribution in [0.1, 0.15) is 6.42 Å². The number of para-hydroxylation sites is 1. The molecule has 0 aliphatic rings. The molecule has 2 N–H and O–H groups in total. The number of hydrogen-bond acceptors (Lipinski definition) is 4. The van der Waals surface area contributed by atoms with Gasteiger partial charge in [-0.3, -0.25) is 0 Å². The maximum Gasteiger partial charge on any atom is 0.334 e. The van der Waals surface area contributed by atoms with E-state index < -0.39 is 5.97 Å². The predicted octanol–water partition coefficient (Wildman–Crippen LogP) is 0.939. The van der Waals surface area contributed by atoms with Crippen molar-refractivity contribution in [3.8, 4) is 0 Å². The fourth-order valence-electron chi connectivity index (χ4n) is 0.764. The van der Waals surface area contributed by atoms with Crippen LogP contribution >= 0.6 is 0 Å². The summed E-state index contributed by atoms with van der Waals surface area (Å²) in [5, 5.41) is 8.41. The minimum absolute atomic E-state index is 0.000165. The second-order valence-electron chi connectivity index (χ2n) is 2.42. The number of aliphatic hydroxyl groups is 1. The number of benzene rings is 1. The van der Waals surface area contributed by atoms with Crippen molar-refractivity contribution in [1.29, 1.82) is 0 Å². The maximum absolute atomic E-state index is 10.8. The van der Waals surface area contributed by atoms with Gasteiger partial charge in [-0.2, -0.15) is 0 Å². The van der Waals surface area contributed by atoms with E-state index in [0.29, 0.717) is 5.69 Å². The van der Waals surface area contributed by atoms with Crippen LogP contribution in [0.3, 0.4) is 0 Å². The van der Waals surface area contributed by atoms with Gasteiger partial charge >= 0.3 is 5.97 Å². The lowest BCUT2D eigenvalue weighted by atomic mass is 10.3. The molecule has 1 rings (SSSR count). The molecule has 0 aliphatic heterocycles. The number of aliphatic hydroxyl groups excluding tert-OH is 1. The summed E-state index contributed by atoms with van der Waals surface area (Å²) in [7, 11) is 0. The highest BCUT2D eigenvalue weighted by Crippen LogP contribution is 2.04. The predicted molar refractivity (Wildman–Crippen MR) is 47.9 cm³/mol. The standard InChI is InChI=1S/C9H11NO3/c11-7-6-9(12)13-10-8-4-2-1-3-5-8/h1-5,10-11H,6-7H2. The van der Waals surface area contributed by atoms with Gasteiger partial charge < -0.3 is 9.94 Å². The van der Waals surface area contributed by atoms with Crippen molar-refractivity contribution in [2.45, 2.75) is 6.42 Å². The zero-order chi connectivity index (χ0) is 9.52. The van der Waals surface area contributed by atoms with Gasteiger partial charge in [0, 0.05) is 0 Å². The van der Waals surface area contributed by atoms with Crippen LogP contribution in [0.5, 0.6) is 0 Å². The molecular weight excluding hydrogens is 170 g/mol. The van der Waals surface area contributed by atoms with Crippen molar-refractivity contribution in [1.82, 2.24) is 0 Å². The van der Waals surface area contributed by atoms with Crippen LogP contribution in [0.4, 0.5) is 5.69 Å². The molecule has 70 valence electrons. The Morgan fingerprint density at radius 2 is 2.08 bits per heavy atom. The molecule has 0 fully saturated rings. The molecule has 0 aliphatic carbocycles. The highest BCUT2D eigenvalue weighted by Gasteiger charge is 2.00. The first-order valence-corrected chi connectivity index (χ1v) is 3.94. The molecule has 0 aromatic heterocycles. The van der Waals surface area contributed by atoms with Gasteiger partial charge in [0.15, 0.2) is 0 Å². The fraction of sp³-hybridized carbons (Fsp3) is 0.222. The van der Waals surface area contributed by atoms with Crippen molar-refractivity contribution in [2.24, 2.45) is 0 Å². The van der Waals surface area contributed by atoms with Gasteiger partial charge in [-0.1, -0.05) is 18.2 Å². The molecule has 1 aromatic rings. The first-order valence-electron chi connectivity index (χ1n) is 3.94. The summed E-state index contributed by atoms with van der Waals surface area (Å²) in [6, 6.07) is 9.05. The number of carbonyl (C=O) groups is 1. The Morgan fingerprint density at radius 3 is 2.69 bits per heavy atom. The minimum atomic E-state index is -0.480. The molecule has 0 spiro atoms. The first kappa shape index (κ1) is 9.54. The molecule has 4 heteroatoms. The molecule has 0 unspecified atom stereocenters. The van der Waals surface area contributed by atoms with E-state index in [0.717, 1.165) is 0 Å². The molecule has 0 atom stereocenters. The van der Waals surface area contributed by atoms with Gasteiger partial charge in [0.05, 0.1) is 18.7 Å². The third-order valence-corrected chi connectivity index (χ3v) is 1.37. The van der Waals surface area contributed by atoms with Crippen molar-refractivity contribution in [3.63, 3.8) is 0 Å². The Labute approximate surface area is 76.1 Å². The number of hydrogen-bond donors (Lipinski definition) is 2. The van der Waals surface area contributed by atoms with Gasteiger partial charge in [-0.15, -0.1) is 0 Å². The summed E-state index contributed by atoms with van der Waals surface area (Å²) >= 11 is 0. The second kappa shape index (κ2) is 5.16. The highest BCUT2D eigenvalue weighted by molar-refractivity contribution is 5.70. The molecule has 0 saturated heterocycles. The molecule has 13 heavy (non-hydrogen) atoms. The van der Waals surface area contributed by atoms with Crippen molar-refractivity contribution in [2.75, 3.05) is 12.1 Å². The SMILES string of the molecule is O=C(CCO)ONc1ccccc1. The number of nitrogens with one attached hydrogen (secondary N) is 1. The Bertz CT molecular complexity index is 261. The summed E-state index contributed by atoms with van der Waals surface area (Å²) < 4.78 is 0. The van der Waals surface area contributed by atoms with Crippen LogP contribution in [-0.4, -0.2) is 17.7 Å². The second-order valence-corrected chi connectivity index (χ2v) is 2.42. The van der Waals surface area contributed by atoms with Crippen LogP contribution in [-0.2, 0) is 9.63 Å². The van der Waals surface area contributed by atoms with Crippen molar-refractivity contribution in [3.05, 3.63) is 30.3 Å². The van der Waals surface area contributed by atoms with Crippen molar-refractivity contribution < 1.29 is 14.7 Å². The zero-order valence-corrected chi connectivity index (χ0v) is 7.06. The third kappa shape index (κ3) is 3.57. The van der Waals surface area contributed by atoms with Gasteiger partial charge in [-0.25, -0.2) is 10.3 Å². The van der Waals surface area contributed by atoms with Gasteiger partial charge in [-0.05, 0) is 12.1 Å². The summed E-state index contributed by atoms with van der Waals surface area (Å²) in [5.41, 5.74) is 3.17. The van der Waals surface area contributed by atoms with E-state index in [9.17, 15) is 4.79 Å². The van der Waals surface area contributed by atoms with Gasteiger partial charge in [0.1, 0.15) is 0 Å². The van der Waals surface area contributed by atoms with E-state index in [1.54, 1.807) is 12.1 Å². The lowest BCUT2D eigenvalue weighted by molar-refractivity contribution is -0.141. The van der Waals surface area contributed by atoms with Crippen molar-refractivity contribution >= 4 is 11.7 Å². The Kier molecular flexibility index (Phi) is 3.78. The van der Waals surface area contributed by atoms with E-state index in [-0.39, 0.29) is 13.0 Å². The van der Waals surface area contributed by atoms with E-state index in [4.69, 9.17) is 5.11 Å². The van der Waals surface area contributed by atoms with E-state index in [1.165, 1.54) is 0 Å². The molecule has 0 heterocycles. The Morgan fingerprint density at radius 1 is 1.38 bits per heavy atom. The highest BCUT2D eigenvalue weighted by atomic mass is 16.7. The average Bonchev–Trinajstić information content (AvgIpc) is 2.17. The monoisotopic (exact) mass is 181 g/mol. The normalized spacial score (nSPS) is 9.31. The lowest BCUT2D eigenvalue weighted by Crippen LogP contribution is -2.11. The third-order valence-electron chi connectivity index (χ3n) is 1.37. The number of rotatable bonds is 4. The minimum Gasteiger partial charge on any atom is -0.396 e. The Hall–Kier alpha value is -1.55. The molecule has 0 radical (unpaired) electrons. The average molecular weight is 181 g/mol. The summed E-state index contributed by atoms with van der Waals surface area (Å²) in [6.07, 6.45) is -0.000165. The van der Waals surface area contributed by atoms with E-state index >= 15 is 0 Å². The Balaban J connectivity index is 2.31. The largest absolute Gasteiger partial charge is 0.396 e. The van der Waals surface area contributed by atoms with Crippen LogP contribution in [0.2, 0.25) is 0 Å². The van der Waals surface area contributed by atoms with Crippen LogP contribution in [0, 0.1) is 0 Å². The molecule has 4 nitrogen and oxygen atoms in total. The fourth-order valence-corrected chi connectivity index (χ4v) is 0.764. The molecule has 1 aromatic carbocycles. The first-order chi connectivity index (χ1) is 6.33. The lowest BCUT2D eigenvalue weighted by Gasteiger charge is -2.04. The number of anilines is 1. The smallest absolute Gasteiger partial charge is 0.334 e. The summed E-state index contributed by atoms with van der Waals surface area (Å²) in [5.74, 6) is -0.480. The molecule has 0 saturated carbocycles. The van der Waals surface area contributed by atoms with Gasteiger partial charge in [0.2, 0.25) is 0 Å². The maximum atomic E-state index is 10.8. The topological polar surface area (TPSA) is 58.6 Å². The van der Waals surface area contributed by atoms with Crippen LogP contribution in [0.15, 0.2) is 30.3 Å². The van der Waals surface area contributed by atoms with Crippen LogP contribution < -0.4 is 5.48 Å². The van der Waals surface area contributed by atoms with E-state index in [2.05, 4.69) is 10.3 Å². The molecular formula is C9H11NO3.